The van der Waals surface area contributed by atoms with Crippen molar-refractivity contribution in [2.45, 2.75) is 18.0 Å². The smallest absolute Gasteiger partial charge is 0.352 e. The number of aromatic nitrogens is 3. The first-order chi connectivity index (χ1) is 16.8. The summed E-state index contributed by atoms with van der Waals surface area (Å²) in [6.07, 6.45) is 2.24. The second kappa shape index (κ2) is 9.75. The minimum Gasteiger partial charge on any atom is -0.477 e. The normalized spacial score (nSPS) is 19.7. The highest BCUT2D eigenvalue weighted by atomic mass is 32.2. The molecule has 2 aliphatic rings. The molecular formula is C19H21N8O6S2+. The molecule has 2 atom stereocenters. The number of thioether (sulfide) groups is 1. The van der Waals surface area contributed by atoms with E-state index >= 15 is 0 Å². The van der Waals surface area contributed by atoms with Gasteiger partial charge in [0.1, 0.15) is 29.9 Å². The zero-order valence-electron chi connectivity index (χ0n) is 18.5. The van der Waals surface area contributed by atoms with E-state index < -0.39 is 29.2 Å². The average molecular weight is 522 g/mol. The number of nitrogens with two attached hydrogens (primary N) is 1. The molecule has 1 saturated heterocycles. The number of nitrogens with zero attached hydrogens (tertiary/aromatic N) is 5. The second-order valence-electron chi connectivity index (χ2n) is 7.40. The number of hydrogen-bond acceptors (Lipinski definition) is 10. The molecule has 1 fully saturated rings. The Kier molecular flexibility index (Phi) is 6.74. The van der Waals surface area contributed by atoms with Crippen molar-refractivity contribution in [3.63, 3.8) is 0 Å². The van der Waals surface area contributed by atoms with Gasteiger partial charge in [0.25, 0.3) is 11.8 Å². The Morgan fingerprint density at radius 1 is 1.49 bits per heavy atom. The number of carboxylic acids is 1. The van der Waals surface area contributed by atoms with E-state index in [1.165, 1.54) is 29.2 Å². The molecule has 0 bridgehead atoms. The molecule has 0 aromatic carbocycles. The Hall–Kier alpha value is -3.92. The van der Waals surface area contributed by atoms with Gasteiger partial charge in [-0.05, 0) is 0 Å². The van der Waals surface area contributed by atoms with Gasteiger partial charge < -0.3 is 26.3 Å². The minimum atomic E-state index is -1.25. The fourth-order valence-electron chi connectivity index (χ4n) is 3.77. The topological polar surface area (TPSA) is 185 Å². The van der Waals surface area contributed by atoms with Crippen LogP contribution >= 0.6 is 23.1 Å². The highest BCUT2D eigenvalue weighted by Crippen LogP contribution is 2.40. The van der Waals surface area contributed by atoms with Gasteiger partial charge in [0.05, 0.1) is 13.1 Å². The fourth-order valence-corrected chi connectivity index (χ4v) is 5.65. The standard InChI is InChI=1S/C19H20N8O6S2/c1-25-11(21-8-28)3-4-26(25)5-9-6-34-17-13(16(30)27(17)14(9)18(31)32)23-15(29)12(24-33-2)10-7-35-19(20)22-10/h3-4,7-8,13,17H,5-6H2,1-2H3,(H4,20,22,23,29,31,32)/p+1/t13-,17-/m1/s1. The lowest BCUT2D eigenvalue weighted by atomic mass is 10.0. The monoisotopic (exact) mass is 521 g/mol. The first-order valence-electron chi connectivity index (χ1n) is 10.1. The third-order valence-electron chi connectivity index (χ3n) is 5.40. The van der Waals surface area contributed by atoms with Crippen LogP contribution in [0.15, 0.2) is 34.1 Å². The lowest BCUT2D eigenvalue weighted by Crippen LogP contribution is -2.71. The maximum Gasteiger partial charge on any atom is 0.352 e. The third kappa shape index (κ3) is 4.44. The van der Waals surface area contributed by atoms with E-state index in [4.69, 9.17) is 10.6 Å². The number of nitrogens with one attached hydrogen (secondary N) is 2. The van der Waals surface area contributed by atoms with Crippen molar-refractivity contribution in [3.05, 3.63) is 34.6 Å². The number of anilines is 2. The Morgan fingerprint density at radius 3 is 2.89 bits per heavy atom. The van der Waals surface area contributed by atoms with Crippen molar-refractivity contribution >= 4 is 64.0 Å². The zero-order valence-corrected chi connectivity index (χ0v) is 20.1. The molecule has 0 aliphatic carbocycles. The van der Waals surface area contributed by atoms with Gasteiger partial charge >= 0.3 is 5.97 Å². The molecular weight excluding hydrogens is 500 g/mol. The predicted octanol–water partition coefficient (Wildman–Crippen LogP) is -1.29. The van der Waals surface area contributed by atoms with E-state index in [9.17, 15) is 24.3 Å². The number of carbonyl (C=O) groups is 4. The second-order valence-corrected chi connectivity index (χ2v) is 9.39. The molecule has 184 valence electrons. The summed E-state index contributed by atoms with van der Waals surface area (Å²) < 4.78 is 3.36. The molecule has 2 aromatic rings. The molecule has 4 rings (SSSR count). The maximum absolute atomic E-state index is 13.0. The van der Waals surface area contributed by atoms with Gasteiger partial charge in [0.15, 0.2) is 29.4 Å². The number of oxime groups is 1. The van der Waals surface area contributed by atoms with Gasteiger partial charge in [0, 0.05) is 16.7 Å². The van der Waals surface area contributed by atoms with E-state index in [-0.39, 0.29) is 28.8 Å². The van der Waals surface area contributed by atoms with Gasteiger partial charge in [-0.2, -0.15) is 0 Å². The maximum atomic E-state index is 13.0. The molecule has 0 unspecified atom stereocenters. The molecule has 2 aromatic heterocycles. The van der Waals surface area contributed by atoms with Gasteiger partial charge in [-0.25, -0.2) is 9.78 Å². The summed E-state index contributed by atoms with van der Waals surface area (Å²) >= 11 is 2.45. The molecule has 0 saturated carbocycles. The van der Waals surface area contributed by atoms with Crippen molar-refractivity contribution < 1.29 is 33.8 Å². The number of hydrogen-bond donors (Lipinski definition) is 4. The van der Waals surface area contributed by atoms with Gasteiger partial charge in [0.2, 0.25) is 6.41 Å². The van der Waals surface area contributed by atoms with E-state index in [0.29, 0.717) is 23.6 Å². The molecule has 0 spiro atoms. The summed E-state index contributed by atoms with van der Waals surface area (Å²) in [5.41, 5.74) is 6.07. The van der Waals surface area contributed by atoms with Crippen LogP contribution in [0.1, 0.15) is 5.69 Å². The van der Waals surface area contributed by atoms with E-state index in [1.807, 2.05) is 0 Å². The van der Waals surface area contributed by atoms with E-state index in [1.54, 1.807) is 28.7 Å². The fraction of sp³-hybridized carbons (Fsp3) is 0.316. The number of nitrogen functional groups attached to an aromatic ring is 1. The molecule has 14 nitrogen and oxygen atoms in total. The minimum absolute atomic E-state index is 0.124. The highest BCUT2D eigenvalue weighted by Gasteiger charge is 2.55. The number of amides is 3. The van der Waals surface area contributed by atoms with Crippen LogP contribution in [0, 0.1) is 0 Å². The number of aliphatic carboxylic acids is 1. The predicted molar refractivity (Wildman–Crippen MR) is 125 cm³/mol. The van der Waals surface area contributed by atoms with Crippen LogP contribution in [0.2, 0.25) is 0 Å². The molecule has 35 heavy (non-hydrogen) atoms. The molecule has 16 heteroatoms. The average Bonchev–Trinajstić information content (AvgIpc) is 3.41. The van der Waals surface area contributed by atoms with Crippen molar-refractivity contribution in [1.29, 1.82) is 0 Å². The van der Waals surface area contributed by atoms with Gasteiger partial charge in [-0.1, -0.05) is 5.16 Å². The number of fused-ring (bicyclic) bond motifs is 1. The third-order valence-corrected chi connectivity index (χ3v) is 7.41. The number of thiazole rings is 1. The number of β-lactam (4-membered cyclic amide) rings is 1. The van der Waals surface area contributed by atoms with Crippen molar-refractivity contribution in [2.75, 3.05) is 23.9 Å². The van der Waals surface area contributed by atoms with Gasteiger partial charge in [-0.15, -0.1) is 32.5 Å². The number of rotatable bonds is 9. The Balaban J connectivity index is 1.53. The molecule has 4 heterocycles. The summed E-state index contributed by atoms with van der Waals surface area (Å²) in [7, 11) is 2.98. The Morgan fingerprint density at radius 2 is 2.26 bits per heavy atom. The number of carboxylic acid groups (broad SMARTS) is 1. The summed E-state index contributed by atoms with van der Waals surface area (Å²) in [4.78, 5) is 58.6. The first kappa shape index (κ1) is 24.2. The Labute approximate surface area is 206 Å². The quantitative estimate of drug-likeness (QED) is 0.102. The van der Waals surface area contributed by atoms with Crippen LogP contribution in [0.25, 0.3) is 0 Å². The van der Waals surface area contributed by atoms with E-state index in [2.05, 4.69) is 20.8 Å². The summed E-state index contributed by atoms with van der Waals surface area (Å²) in [5.74, 6) is -1.66. The summed E-state index contributed by atoms with van der Waals surface area (Å²) in [6.45, 7) is 0.190. The molecule has 2 aliphatic heterocycles. The molecule has 0 radical (unpaired) electrons. The summed E-state index contributed by atoms with van der Waals surface area (Å²) in [6, 6.07) is 0.719. The van der Waals surface area contributed by atoms with Crippen LogP contribution in [0.3, 0.4) is 0 Å². The largest absolute Gasteiger partial charge is 0.477 e. The summed E-state index contributed by atoms with van der Waals surface area (Å²) in [5, 5.41) is 19.9. The van der Waals surface area contributed by atoms with Gasteiger partial charge in [-0.3, -0.25) is 19.3 Å². The van der Waals surface area contributed by atoms with Crippen molar-refractivity contribution in [3.8, 4) is 0 Å². The first-order valence-corrected chi connectivity index (χ1v) is 12.0. The molecule has 3 amide bonds. The van der Waals surface area contributed by atoms with Crippen LogP contribution in [0.4, 0.5) is 10.9 Å². The SMILES string of the molecule is CON=C(C(=O)N[C@@H]1C(=O)N2C(C(=O)O)=C(C[n+]3ccc(NC=O)n3C)CS[C@H]12)c1csc(N)n1. The van der Waals surface area contributed by atoms with Crippen LogP contribution in [-0.2, 0) is 37.6 Å². The highest BCUT2D eigenvalue weighted by molar-refractivity contribution is 8.00. The molecule has 5 N–H and O–H groups in total. The lowest BCUT2D eigenvalue weighted by Gasteiger charge is -2.49. The van der Waals surface area contributed by atoms with Crippen LogP contribution in [0.5, 0.6) is 0 Å². The van der Waals surface area contributed by atoms with Crippen LogP contribution in [-0.4, -0.2) is 73.9 Å². The zero-order chi connectivity index (χ0) is 25.3. The van der Waals surface area contributed by atoms with E-state index in [0.717, 1.165) is 11.3 Å². The Bertz CT molecular complexity index is 1270. The number of carbonyl (C=O) groups excluding carboxylic acids is 3. The van der Waals surface area contributed by atoms with Crippen molar-refractivity contribution in [1.82, 2.24) is 19.9 Å². The van der Waals surface area contributed by atoms with Crippen molar-refractivity contribution in [2.24, 2.45) is 12.2 Å². The van der Waals surface area contributed by atoms with Crippen LogP contribution < -0.4 is 21.0 Å². The lowest BCUT2D eigenvalue weighted by molar-refractivity contribution is -0.765.